The van der Waals surface area contributed by atoms with E-state index in [9.17, 15) is 0 Å². The van der Waals surface area contributed by atoms with Crippen LogP contribution in [-0.4, -0.2) is 0 Å². The molecule has 448 valence electrons. The van der Waals surface area contributed by atoms with E-state index in [1.54, 1.807) is 0 Å². The van der Waals surface area contributed by atoms with E-state index >= 15 is 0 Å². The molecular weight excluding hydrogens is 1220 g/mol. The summed E-state index contributed by atoms with van der Waals surface area (Å²) < 4.78 is 10.4. The summed E-state index contributed by atoms with van der Waals surface area (Å²) in [6.45, 7) is 4.52. The molecule has 0 fully saturated rings. The van der Waals surface area contributed by atoms with Crippen LogP contribution in [0, 0.1) is 13.8 Å². The van der Waals surface area contributed by atoms with Crippen molar-refractivity contribution in [2.75, 3.05) is 19.6 Å². The van der Waals surface area contributed by atoms with E-state index in [-0.39, 0.29) is 0 Å². The molecule has 0 radical (unpaired) electrons. The summed E-state index contributed by atoms with van der Waals surface area (Å²) >= 11 is 7.47. The Bertz CT molecular complexity index is 5700. The molecular formula is C86H60N4S4. The van der Waals surface area contributed by atoms with Crippen LogP contribution in [0.4, 0.5) is 68.2 Å². The molecule has 94 heavy (non-hydrogen) atoms. The molecule has 0 N–H and O–H groups in total. The average molecular weight is 1280 g/mol. The highest BCUT2D eigenvalue weighted by Crippen LogP contribution is 2.49. The highest BCUT2D eigenvalue weighted by molar-refractivity contribution is 7.27. The van der Waals surface area contributed by atoms with Gasteiger partial charge >= 0.3 is 0 Å². The third kappa shape index (κ3) is 10.5. The Balaban J connectivity index is 0.000000143. The third-order valence-electron chi connectivity index (χ3n) is 17.8. The maximum absolute atomic E-state index is 2.40. The number of para-hydroxylation sites is 6. The molecule has 0 saturated carbocycles. The highest BCUT2D eigenvalue weighted by atomic mass is 32.1. The highest BCUT2D eigenvalue weighted by Gasteiger charge is 2.23. The number of fused-ring (bicyclic) bond motifs is 12. The van der Waals surface area contributed by atoms with E-state index in [4.69, 9.17) is 0 Å². The largest absolute Gasteiger partial charge is 0.310 e. The SMILES string of the molecule is Cc1cc(N(c2ccccc2)c2ccc3c(c2)sc2ccccc23)cc2sc3ccc(N(c4ccccc4)c4ccccc4)cc3c12.Cc1cc(N(c2ccccc2)c2ccc3sc4ccccc4c3c2)cc2sc3ccc(N(c4ccccc4)c4ccccc4)cc3c12. The molecule has 0 unspecified atom stereocenters. The monoisotopic (exact) mass is 1280 g/mol. The van der Waals surface area contributed by atoms with Gasteiger partial charge in [0.15, 0.2) is 0 Å². The van der Waals surface area contributed by atoms with E-state index < -0.39 is 0 Å². The summed E-state index contributed by atoms with van der Waals surface area (Å²) in [5.41, 5.74) is 16.4. The first kappa shape index (κ1) is 57.1. The number of hydrogen-bond donors (Lipinski definition) is 0. The van der Waals surface area contributed by atoms with Crippen LogP contribution in [0.1, 0.15) is 11.1 Å². The predicted molar refractivity (Wildman–Crippen MR) is 413 cm³/mol. The summed E-state index contributed by atoms with van der Waals surface area (Å²) in [5, 5.41) is 10.5. The predicted octanol–water partition coefficient (Wildman–Crippen LogP) is 27.3. The Labute approximate surface area is 562 Å². The summed E-state index contributed by atoms with van der Waals surface area (Å²) in [5.74, 6) is 0. The summed E-state index contributed by atoms with van der Waals surface area (Å²) in [6.07, 6.45) is 0. The molecule has 14 aromatic carbocycles. The van der Waals surface area contributed by atoms with E-state index in [0.717, 1.165) is 51.2 Å². The van der Waals surface area contributed by atoms with Gasteiger partial charge < -0.3 is 19.6 Å². The minimum absolute atomic E-state index is 1.14. The molecule has 4 aromatic heterocycles. The van der Waals surface area contributed by atoms with Crippen LogP contribution in [-0.2, 0) is 0 Å². The van der Waals surface area contributed by atoms with Gasteiger partial charge in [0.25, 0.3) is 0 Å². The van der Waals surface area contributed by atoms with E-state index in [2.05, 4.69) is 361 Å². The smallest absolute Gasteiger partial charge is 0.0478 e. The van der Waals surface area contributed by atoms with Crippen LogP contribution < -0.4 is 19.6 Å². The Morgan fingerprint density at radius 2 is 0.426 bits per heavy atom. The number of nitrogens with zero attached hydrogens (tertiary/aromatic N) is 4. The Morgan fingerprint density at radius 1 is 0.170 bits per heavy atom. The zero-order valence-corrected chi connectivity index (χ0v) is 54.9. The van der Waals surface area contributed by atoms with Gasteiger partial charge in [-0.25, -0.2) is 0 Å². The number of anilines is 12. The molecule has 18 rings (SSSR count). The lowest BCUT2D eigenvalue weighted by molar-refractivity contribution is 1.29. The number of hydrogen-bond acceptors (Lipinski definition) is 8. The van der Waals surface area contributed by atoms with E-state index in [0.29, 0.717) is 0 Å². The zero-order valence-electron chi connectivity index (χ0n) is 51.6. The maximum Gasteiger partial charge on any atom is 0.0478 e. The maximum atomic E-state index is 2.40. The molecule has 0 aliphatic heterocycles. The lowest BCUT2D eigenvalue weighted by Gasteiger charge is -2.26. The first-order valence-electron chi connectivity index (χ1n) is 31.7. The molecule has 0 spiro atoms. The van der Waals surface area contributed by atoms with Crippen molar-refractivity contribution < 1.29 is 0 Å². The van der Waals surface area contributed by atoms with Gasteiger partial charge in [-0.1, -0.05) is 152 Å². The second-order valence-corrected chi connectivity index (χ2v) is 28.1. The van der Waals surface area contributed by atoms with Crippen molar-refractivity contribution in [1.29, 1.82) is 0 Å². The van der Waals surface area contributed by atoms with Gasteiger partial charge in [0.2, 0.25) is 0 Å². The van der Waals surface area contributed by atoms with Gasteiger partial charge in [0.1, 0.15) is 0 Å². The van der Waals surface area contributed by atoms with Gasteiger partial charge in [0, 0.05) is 149 Å². The lowest BCUT2D eigenvalue weighted by atomic mass is 10.0. The van der Waals surface area contributed by atoms with E-state index in [1.165, 1.54) is 109 Å². The van der Waals surface area contributed by atoms with Crippen molar-refractivity contribution in [3.8, 4) is 0 Å². The van der Waals surface area contributed by atoms with Crippen LogP contribution in [0.25, 0.3) is 80.7 Å². The minimum Gasteiger partial charge on any atom is -0.310 e. The van der Waals surface area contributed by atoms with Gasteiger partial charge in [0.05, 0.1) is 0 Å². The molecule has 8 heteroatoms. The second kappa shape index (κ2) is 24.3. The van der Waals surface area contributed by atoms with Crippen LogP contribution in [0.3, 0.4) is 0 Å². The van der Waals surface area contributed by atoms with Crippen molar-refractivity contribution >= 4 is 194 Å². The molecule has 4 heterocycles. The third-order valence-corrected chi connectivity index (χ3v) is 22.4. The quantitative estimate of drug-likeness (QED) is 0.121. The molecule has 0 aliphatic carbocycles. The fourth-order valence-corrected chi connectivity index (χ4v) is 18.3. The zero-order chi connectivity index (χ0) is 62.6. The fraction of sp³-hybridized carbons (Fsp3) is 0.0233. The first-order chi connectivity index (χ1) is 46.4. The van der Waals surface area contributed by atoms with Crippen molar-refractivity contribution in [3.05, 3.63) is 339 Å². The summed E-state index contributed by atoms with van der Waals surface area (Å²) in [6, 6.07) is 119. The molecule has 0 bridgehead atoms. The summed E-state index contributed by atoms with van der Waals surface area (Å²) in [7, 11) is 0. The lowest BCUT2D eigenvalue weighted by Crippen LogP contribution is -2.10. The molecule has 0 atom stereocenters. The standard InChI is InChI=1S/2C43H30N2S2/c1-29-25-35(45(32-17-9-4-10-18-32)34-21-23-37-36-19-11-12-20-39(36)46-41(37)27-34)28-42-43(29)38-26-33(22-24-40(38)47-42)44(30-13-5-2-6-14-30)31-15-7-3-8-16-31;1-29-25-35(45(32-17-9-4-10-18-32)33-21-23-40-37(26-33)36-19-11-12-20-39(36)46-40)28-42-43(29)38-27-34(22-24-41(38)47-42)44(30-13-5-2-6-14-30)31-15-7-3-8-16-31/h2*2-28H,1H3. The molecule has 4 nitrogen and oxygen atoms in total. The van der Waals surface area contributed by atoms with Crippen molar-refractivity contribution in [1.82, 2.24) is 0 Å². The number of aryl methyl sites for hydroxylation is 2. The topological polar surface area (TPSA) is 13.0 Å². The average Bonchev–Trinajstić information content (AvgIpc) is 1.57. The van der Waals surface area contributed by atoms with Crippen molar-refractivity contribution in [3.63, 3.8) is 0 Å². The fourth-order valence-electron chi connectivity index (χ4n) is 13.7. The first-order valence-corrected chi connectivity index (χ1v) is 35.0. The van der Waals surface area contributed by atoms with Crippen molar-refractivity contribution in [2.45, 2.75) is 13.8 Å². The van der Waals surface area contributed by atoms with Gasteiger partial charge in [-0.2, -0.15) is 0 Å². The molecule has 0 aliphatic rings. The second-order valence-electron chi connectivity index (χ2n) is 23.7. The van der Waals surface area contributed by atoms with Gasteiger partial charge in [-0.3, -0.25) is 0 Å². The van der Waals surface area contributed by atoms with Crippen LogP contribution in [0.15, 0.2) is 328 Å². The Hall–Kier alpha value is -10.8. The number of rotatable bonds is 12. The molecule has 18 aromatic rings. The number of thiophene rings is 4. The van der Waals surface area contributed by atoms with Gasteiger partial charge in [-0.15, -0.1) is 45.3 Å². The number of benzene rings is 14. The van der Waals surface area contributed by atoms with Crippen molar-refractivity contribution in [2.24, 2.45) is 0 Å². The minimum atomic E-state index is 1.14. The molecule has 0 saturated heterocycles. The van der Waals surface area contributed by atoms with Crippen LogP contribution >= 0.6 is 45.3 Å². The summed E-state index contributed by atoms with van der Waals surface area (Å²) in [4.78, 5) is 9.49. The normalized spacial score (nSPS) is 11.5. The van der Waals surface area contributed by atoms with Gasteiger partial charge in [-0.05, 0) is 201 Å². The Kier molecular flexibility index (Phi) is 14.8. The van der Waals surface area contributed by atoms with Crippen LogP contribution in [0.2, 0.25) is 0 Å². The van der Waals surface area contributed by atoms with Crippen LogP contribution in [0.5, 0.6) is 0 Å². The van der Waals surface area contributed by atoms with E-state index in [1.807, 2.05) is 45.3 Å². The molecule has 0 amide bonds. The Morgan fingerprint density at radius 3 is 0.819 bits per heavy atom.